The van der Waals surface area contributed by atoms with E-state index in [0.29, 0.717) is 6.54 Å². The molecule has 0 rings (SSSR count). The summed E-state index contributed by atoms with van der Waals surface area (Å²) in [6.45, 7) is 13.9. The molecule has 0 aromatic carbocycles. The monoisotopic (exact) mass is 243 g/mol. The van der Waals surface area contributed by atoms with Crippen LogP contribution in [0.4, 0.5) is 0 Å². The molecule has 0 aliphatic heterocycles. The number of nitrogens with one attached hydrogen (secondary N) is 1. The van der Waals surface area contributed by atoms with Crippen LogP contribution in [0.5, 0.6) is 0 Å². The molecule has 0 saturated carbocycles. The zero-order valence-electron chi connectivity index (χ0n) is 12.0. The van der Waals surface area contributed by atoms with Gasteiger partial charge in [-0.05, 0) is 24.9 Å². The number of carbonyl (C=O) groups is 1. The third kappa shape index (κ3) is 6.64. The number of rotatable bonds is 7. The first-order valence-corrected chi connectivity index (χ1v) is 6.58. The smallest absolute Gasteiger partial charge is 0.237 e. The van der Waals surface area contributed by atoms with Crippen LogP contribution in [0.3, 0.4) is 0 Å². The topological polar surface area (TPSA) is 58.4 Å². The molecule has 0 bridgehead atoms. The molecule has 0 radical (unpaired) electrons. The second kappa shape index (κ2) is 7.67. The maximum absolute atomic E-state index is 11.8. The van der Waals surface area contributed by atoms with E-state index in [2.05, 4.69) is 24.1 Å². The standard InChI is InChI=1S/C13H29N3O/c1-6-9-16(7-2)10-8-15-12(17)11(14)13(3,4)5/h11H,6-10,14H2,1-5H3,(H,15,17)/t11-/m1/s1. The number of carbonyl (C=O) groups excluding carboxylic acids is 1. The van der Waals surface area contributed by atoms with Crippen molar-refractivity contribution in [2.45, 2.75) is 47.1 Å². The fourth-order valence-corrected chi connectivity index (χ4v) is 1.58. The minimum Gasteiger partial charge on any atom is -0.353 e. The van der Waals surface area contributed by atoms with Crippen LogP contribution in [0.1, 0.15) is 41.0 Å². The quantitative estimate of drug-likeness (QED) is 0.706. The second-order valence-corrected chi connectivity index (χ2v) is 5.57. The molecular formula is C13H29N3O. The number of hydrogen-bond acceptors (Lipinski definition) is 3. The maximum atomic E-state index is 11.8. The van der Waals surface area contributed by atoms with Crippen LogP contribution in [0, 0.1) is 5.41 Å². The van der Waals surface area contributed by atoms with Crippen LogP contribution < -0.4 is 11.1 Å². The lowest BCUT2D eigenvalue weighted by atomic mass is 9.87. The summed E-state index contributed by atoms with van der Waals surface area (Å²) < 4.78 is 0. The van der Waals surface area contributed by atoms with Gasteiger partial charge in [-0.2, -0.15) is 0 Å². The lowest BCUT2D eigenvalue weighted by Crippen LogP contribution is -2.50. The van der Waals surface area contributed by atoms with Crippen molar-refractivity contribution in [1.82, 2.24) is 10.2 Å². The van der Waals surface area contributed by atoms with Gasteiger partial charge in [-0.3, -0.25) is 4.79 Å². The molecular weight excluding hydrogens is 214 g/mol. The number of hydrogen-bond donors (Lipinski definition) is 2. The van der Waals surface area contributed by atoms with Gasteiger partial charge in [0.1, 0.15) is 0 Å². The number of nitrogens with zero attached hydrogens (tertiary/aromatic N) is 1. The molecule has 0 unspecified atom stereocenters. The zero-order chi connectivity index (χ0) is 13.5. The van der Waals surface area contributed by atoms with Gasteiger partial charge in [-0.25, -0.2) is 0 Å². The lowest BCUT2D eigenvalue weighted by molar-refractivity contribution is -0.124. The molecule has 102 valence electrons. The van der Waals surface area contributed by atoms with Gasteiger partial charge in [0.2, 0.25) is 5.91 Å². The summed E-state index contributed by atoms with van der Waals surface area (Å²) >= 11 is 0. The first kappa shape index (κ1) is 16.4. The average Bonchev–Trinajstić information content (AvgIpc) is 2.25. The fourth-order valence-electron chi connectivity index (χ4n) is 1.58. The normalized spacial score (nSPS) is 13.8. The maximum Gasteiger partial charge on any atom is 0.237 e. The SMILES string of the molecule is CCCN(CC)CCNC(=O)[C@@H](N)C(C)(C)C. The highest BCUT2D eigenvalue weighted by Gasteiger charge is 2.26. The van der Waals surface area contributed by atoms with E-state index >= 15 is 0 Å². The van der Waals surface area contributed by atoms with Crippen molar-refractivity contribution in [3.63, 3.8) is 0 Å². The van der Waals surface area contributed by atoms with Gasteiger partial charge in [0.05, 0.1) is 6.04 Å². The molecule has 0 saturated heterocycles. The van der Waals surface area contributed by atoms with E-state index in [1.54, 1.807) is 0 Å². The summed E-state index contributed by atoms with van der Waals surface area (Å²) in [6.07, 6.45) is 1.14. The fraction of sp³-hybridized carbons (Fsp3) is 0.923. The molecule has 4 heteroatoms. The summed E-state index contributed by atoms with van der Waals surface area (Å²) in [7, 11) is 0. The Morgan fingerprint density at radius 2 is 1.88 bits per heavy atom. The Morgan fingerprint density at radius 1 is 1.29 bits per heavy atom. The van der Waals surface area contributed by atoms with Crippen molar-refractivity contribution in [3.05, 3.63) is 0 Å². The average molecular weight is 243 g/mol. The minimum atomic E-state index is -0.441. The van der Waals surface area contributed by atoms with Crippen molar-refractivity contribution < 1.29 is 4.79 Å². The lowest BCUT2D eigenvalue weighted by Gasteiger charge is -2.26. The predicted octanol–water partition coefficient (Wildman–Crippen LogP) is 1.21. The van der Waals surface area contributed by atoms with Crippen LogP contribution in [0.25, 0.3) is 0 Å². The van der Waals surface area contributed by atoms with E-state index < -0.39 is 6.04 Å². The first-order valence-electron chi connectivity index (χ1n) is 6.58. The summed E-state index contributed by atoms with van der Waals surface area (Å²) in [6, 6.07) is -0.441. The molecule has 1 atom stereocenters. The highest BCUT2D eigenvalue weighted by Crippen LogP contribution is 2.16. The van der Waals surface area contributed by atoms with Crippen LogP contribution >= 0.6 is 0 Å². The number of amides is 1. The molecule has 0 fully saturated rings. The molecule has 0 spiro atoms. The van der Waals surface area contributed by atoms with Gasteiger partial charge < -0.3 is 16.0 Å². The van der Waals surface area contributed by atoms with Crippen LogP contribution in [-0.4, -0.2) is 43.0 Å². The summed E-state index contributed by atoms with van der Waals surface area (Å²) in [5, 5.41) is 2.91. The van der Waals surface area contributed by atoms with Crippen LogP contribution in [-0.2, 0) is 4.79 Å². The highest BCUT2D eigenvalue weighted by molar-refractivity contribution is 5.82. The Hall–Kier alpha value is -0.610. The Labute approximate surface area is 106 Å². The van der Waals surface area contributed by atoms with Gasteiger partial charge in [0.15, 0.2) is 0 Å². The molecule has 3 N–H and O–H groups in total. The Balaban J connectivity index is 3.92. The minimum absolute atomic E-state index is 0.0509. The molecule has 0 aromatic rings. The third-order valence-electron chi connectivity index (χ3n) is 2.93. The van der Waals surface area contributed by atoms with E-state index in [9.17, 15) is 4.79 Å². The first-order chi connectivity index (χ1) is 7.82. The largest absolute Gasteiger partial charge is 0.353 e. The molecule has 1 amide bonds. The van der Waals surface area contributed by atoms with E-state index in [-0.39, 0.29) is 11.3 Å². The van der Waals surface area contributed by atoms with Gasteiger partial charge >= 0.3 is 0 Å². The molecule has 4 nitrogen and oxygen atoms in total. The van der Waals surface area contributed by atoms with E-state index in [4.69, 9.17) is 5.73 Å². The van der Waals surface area contributed by atoms with Crippen molar-refractivity contribution in [2.24, 2.45) is 11.1 Å². The van der Waals surface area contributed by atoms with Crippen LogP contribution in [0.2, 0.25) is 0 Å². The van der Waals surface area contributed by atoms with Crippen molar-refractivity contribution >= 4 is 5.91 Å². The van der Waals surface area contributed by atoms with Gasteiger partial charge in [0, 0.05) is 13.1 Å². The van der Waals surface area contributed by atoms with Gasteiger partial charge in [-0.1, -0.05) is 34.6 Å². The molecule has 0 aliphatic carbocycles. The van der Waals surface area contributed by atoms with Gasteiger partial charge in [-0.15, -0.1) is 0 Å². The molecule has 0 aliphatic rings. The van der Waals surface area contributed by atoms with E-state index in [1.165, 1.54) is 0 Å². The summed E-state index contributed by atoms with van der Waals surface area (Å²) in [4.78, 5) is 14.1. The zero-order valence-corrected chi connectivity index (χ0v) is 12.0. The second-order valence-electron chi connectivity index (χ2n) is 5.57. The Bertz CT molecular complexity index is 223. The summed E-state index contributed by atoms with van der Waals surface area (Å²) in [5.74, 6) is -0.0509. The van der Waals surface area contributed by atoms with Gasteiger partial charge in [0.25, 0.3) is 0 Å². The molecule has 0 aromatic heterocycles. The van der Waals surface area contributed by atoms with Crippen molar-refractivity contribution in [2.75, 3.05) is 26.2 Å². The summed E-state index contributed by atoms with van der Waals surface area (Å²) in [5.41, 5.74) is 5.69. The van der Waals surface area contributed by atoms with Crippen molar-refractivity contribution in [3.8, 4) is 0 Å². The van der Waals surface area contributed by atoms with Crippen LogP contribution in [0.15, 0.2) is 0 Å². The third-order valence-corrected chi connectivity index (χ3v) is 2.93. The molecule has 0 heterocycles. The van der Waals surface area contributed by atoms with E-state index in [1.807, 2.05) is 20.8 Å². The van der Waals surface area contributed by atoms with E-state index in [0.717, 1.165) is 26.1 Å². The van der Waals surface area contributed by atoms with Crippen molar-refractivity contribution in [1.29, 1.82) is 0 Å². The number of nitrogens with two attached hydrogens (primary N) is 1. The Morgan fingerprint density at radius 3 is 2.29 bits per heavy atom. The predicted molar refractivity (Wildman–Crippen MR) is 72.8 cm³/mol. The number of likely N-dealkylation sites (N-methyl/N-ethyl adjacent to an activating group) is 1. The highest BCUT2D eigenvalue weighted by atomic mass is 16.2. The molecule has 17 heavy (non-hydrogen) atoms. The Kier molecular flexibility index (Phi) is 7.39.